The van der Waals surface area contributed by atoms with Gasteiger partial charge in [-0.15, -0.1) is 0 Å². The average Bonchev–Trinajstić information content (AvgIpc) is 2.54. The van der Waals surface area contributed by atoms with Crippen LogP contribution in [0.2, 0.25) is 0 Å². The summed E-state index contributed by atoms with van der Waals surface area (Å²) in [6.45, 7) is 7.17. The van der Waals surface area contributed by atoms with E-state index in [0.29, 0.717) is 12.2 Å². The highest BCUT2D eigenvalue weighted by Gasteiger charge is 2.23. The van der Waals surface area contributed by atoms with Gasteiger partial charge in [-0.3, -0.25) is 4.98 Å². The second kappa shape index (κ2) is 7.71. The lowest BCUT2D eigenvalue weighted by molar-refractivity contribution is -0.0527. The Hall–Kier alpha value is -2.01. The Kier molecular flexibility index (Phi) is 5.41. The SMILES string of the molecule is Cc1nc(NCCC2CC(C)OC(C)C2)cc(-c2ccccn2)n1. The Morgan fingerprint density at radius 2 is 1.92 bits per heavy atom. The molecule has 3 rings (SSSR count). The molecule has 1 saturated heterocycles. The van der Waals surface area contributed by atoms with Crippen molar-refractivity contribution < 1.29 is 4.74 Å². The standard InChI is InChI=1S/C19H26N4O/c1-13-10-16(11-14(2)24-13)7-9-21-19-12-18(22-15(3)23-19)17-6-4-5-8-20-17/h4-6,8,12-14,16H,7,9-11H2,1-3H3,(H,21,22,23). The summed E-state index contributed by atoms with van der Waals surface area (Å²) >= 11 is 0. The number of hydrogen-bond donors (Lipinski definition) is 1. The first-order valence-corrected chi connectivity index (χ1v) is 8.76. The molecule has 2 unspecified atom stereocenters. The number of nitrogens with zero attached hydrogens (tertiary/aromatic N) is 3. The van der Waals surface area contributed by atoms with Gasteiger partial charge in [-0.1, -0.05) is 6.07 Å². The van der Waals surface area contributed by atoms with Crippen LogP contribution in [0.3, 0.4) is 0 Å². The molecule has 0 spiro atoms. The summed E-state index contributed by atoms with van der Waals surface area (Å²) in [5.41, 5.74) is 1.73. The average molecular weight is 326 g/mol. The van der Waals surface area contributed by atoms with Gasteiger partial charge >= 0.3 is 0 Å². The summed E-state index contributed by atoms with van der Waals surface area (Å²) in [5, 5.41) is 3.45. The highest BCUT2D eigenvalue weighted by Crippen LogP contribution is 2.27. The number of ether oxygens (including phenoxy) is 1. The lowest BCUT2D eigenvalue weighted by Gasteiger charge is -2.32. The summed E-state index contributed by atoms with van der Waals surface area (Å²) in [5.74, 6) is 2.35. The summed E-state index contributed by atoms with van der Waals surface area (Å²) in [6.07, 6.45) is 5.96. The van der Waals surface area contributed by atoms with E-state index in [0.717, 1.165) is 54.8 Å². The number of pyridine rings is 1. The molecule has 5 heteroatoms. The Balaban J connectivity index is 1.60. The second-order valence-corrected chi connectivity index (χ2v) is 6.71. The first-order chi connectivity index (χ1) is 11.6. The van der Waals surface area contributed by atoms with Crippen LogP contribution in [0.4, 0.5) is 5.82 Å². The van der Waals surface area contributed by atoms with Crippen molar-refractivity contribution in [3.63, 3.8) is 0 Å². The van der Waals surface area contributed by atoms with Crippen LogP contribution in [-0.2, 0) is 4.74 Å². The van der Waals surface area contributed by atoms with Crippen molar-refractivity contribution in [2.24, 2.45) is 5.92 Å². The molecule has 2 atom stereocenters. The zero-order valence-corrected chi connectivity index (χ0v) is 14.7. The molecule has 2 aromatic rings. The minimum Gasteiger partial charge on any atom is -0.376 e. The fourth-order valence-electron chi connectivity index (χ4n) is 3.49. The monoisotopic (exact) mass is 326 g/mol. The fourth-order valence-corrected chi connectivity index (χ4v) is 3.49. The van der Waals surface area contributed by atoms with Gasteiger partial charge in [0.05, 0.1) is 23.6 Å². The molecule has 0 bridgehead atoms. The van der Waals surface area contributed by atoms with E-state index >= 15 is 0 Å². The van der Waals surface area contributed by atoms with E-state index in [2.05, 4.69) is 34.1 Å². The zero-order chi connectivity index (χ0) is 16.9. The highest BCUT2D eigenvalue weighted by atomic mass is 16.5. The van der Waals surface area contributed by atoms with E-state index in [-0.39, 0.29) is 0 Å². The largest absolute Gasteiger partial charge is 0.376 e. The molecule has 0 aromatic carbocycles. The molecule has 0 radical (unpaired) electrons. The van der Waals surface area contributed by atoms with Crippen molar-refractivity contribution in [2.75, 3.05) is 11.9 Å². The van der Waals surface area contributed by atoms with Gasteiger partial charge in [-0.05, 0) is 58.1 Å². The summed E-state index contributed by atoms with van der Waals surface area (Å²) in [4.78, 5) is 13.4. The van der Waals surface area contributed by atoms with Crippen LogP contribution in [0, 0.1) is 12.8 Å². The normalized spacial score (nSPS) is 23.9. The summed E-state index contributed by atoms with van der Waals surface area (Å²) in [6, 6.07) is 7.83. The minimum absolute atomic E-state index is 0.371. The maximum absolute atomic E-state index is 5.81. The molecule has 128 valence electrons. The van der Waals surface area contributed by atoms with Crippen LogP contribution in [0.1, 0.15) is 38.9 Å². The predicted molar refractivity (Wildman–Crippen MR) is 95.8 cm³/mol. The fraction of sp³-hybridized carbons (Fsp3) is 0.526. The van der Waals surface area contributed by atoms with E-state index in [1.54, 1.807) is 6.20 Å². The molecule has 0 aliphatic carbocycles. The van der Waals surface area contributed by atoms with Crippen molar-refractivity contribution in [1.29, 1.82) is 0 Å². The van der Waals surface area contributed by atoms with E-state index < -0.39 is 0 Å². The van der Waals surface area contributed by atoms with Gasteiger partial charge in [-0.25, -0.2) is 9.97 Å². The van der Waals surface area contributed by atoms with Crippen LogP contribution in [-0.4, -0.2) is 33.7 Å². The molecular formula is C19H26N4O. The molecule has 5 nitrogen and oxygen atoms in total. The summed E-state index contributed by atoms with van der Waals surface area (Å²) in [7, 11) is 0. The smallest absolute Gasteiger partial charge is 0.130 e. The maximum Gasteiger partial charge on any atom is 0.130 e. The zero-order valence-electron chi connectivity index (χ0n) is 14.7. The van der Waals surface area contributed by atoms with Crippen molar-refractivity contribution in [1.82, 2.24) is 15.0 Å². The molecular weight excluding hydrogens is 300 g/mol. The van der Waals surface area contributed by atoms with E-state index in [4.69, 9.17) is 4.74 Å². The molecule has 0 saturated carbocycles. The van der Waals surface area contributed by atoms with Gasteiger partial charge in [0.25, 0.3) is 0 Å². The van der Waals surface area contributed by atoms with Crippen molar-refractivity contribution >= 4 is 5.82 Å². The first-order valence-electron chi connectivity index (χ1n) is 8.76. The number of aryl methyl sites for hydroxylation is 1. The van der Waals surface area contributed by atoms with Gasteiger partial charge in [-0.2, -0.15) is 0 Å². The number of anilines is 1. The molecule has 1 N–H and O–H groups in total. The quantitative estimate of drug-likeness (QED) is 0.904. The van der Waals surface area contributed by atoms with E-state index in [1.165, 1.54) is 0 Å². The molecule has 24 heavy (non-hydrogen) atoms. The Bertz CT molecular complexity index is 652. The second-order valence-electron chi connectivity index (χ2n) is 6.71. The molecule has 1 aliphatic rings. The van der Waals surface area contributed by atoms with Crippen LogP contribution >= 0.6 is 0 Å². The molecule has 3 heterocycles. The lowest BCUT2D eigenvalue weighted by atomic mass is 9.90. The van der Waals surface area contributed by atoms with Crippen molar-refractivity contribution in [2.45, 2.75) is 52.2 Å². The lowest BCUT2D eigenvalue weighted by Crippen LogP contribution is -2.30. The Morgan fingerprint density at radius 1 is 1.12 bits per heavy atom. The van der Waals surface area contributed by atoms with Gasteiger partial charge in [0.1, 0.15) is 11.6 Å². The third kappa shape index (κ3) is 4.51. The third-order valence-electron chi connectivity index (χ3n) is 4.42. The number of nitrogens with one attached hydrogen (secondary N) is 1. The third-order valence-corrected chi connectivity index (χ3v) is 4.42. The van der Waals surface area contributed by atoms with Gasteiger partial charge in [0.15, 0.2) is 0 Å². The maximum atomic E-state index is 5.81. The Labute approximate surface area is 143 Å². The van der Waals surface area contributed by atoms with Gasteiger partial charge < -0.3 is 10.1 Å². The van der Waals surface area contributed by atoms with Gasteiger partial charge in [0, 0.05) is 18.8 Å². The van der Waals surface area contributed by atoms with E-state index in [1.807, 2.05) is 31.2 Å². The number of hydrogen-bond acceptors (Lipinski definition) is 5. The van der Waals surface area contributed by atoms with Crippen LogP contribution in [0.5, 0.6) is 0 Å². The topological polar surface area (TPSA) is 59.9 Å². The predicted octanol–water partition coefficient (Wildman–Crippen LogP) is 3.85. The molecule has 1 aliphatic heterocycles. The first kappa shape index (κ1) is 16.8. The highest BCUT2D eigenvalue weighted by molar-refractivity contribution is 5.58. The Morgan fingerprint density at radius 3 is 2.62 bits per heavy atom. The van der Waals surface area contributed by atoms with Crippen molar-refractivity contribution in [3.8, 4) is 11.4 Å². The van der Waals surface area contributed by atoms with Crippen LogP contribution < -0.4 is 5.32 Å². The molecule has 0 amide bonds. The van der Waals surface area contributed by atoms with Gasteiger partial charge in [0.2, 0.25) is 0 Å². The molecule has 1 fully saturated rings. The number of rotatable bonds is 5. The molecule has 2 aromatic heterocycles. The van der Waals surface area contributed by atoms with E-state index in [9.17, 15) is 0 Å². The minimum atomic E-state index is 0.371. The summed E-state index contributed by atoms with van der Waals surface area (Å²) < 4.78 is 5.81. The van der Waals surface area contributed by atoms with Crippen LogP contribution in [0.25, 0.3) is 11.4 Å². The van der Waals surface area contributed by atoms with Crippen molar-refractivity contribution in [3.05, 3.63) is 36.3 Å². The van der Waals surface area contributed by atoms with Crippen LogP contribution in [0.15, 0.2) is 30.5 Å². The number of aromatic nitrogens is 3.